The number of para-hydroxylation sites is 1. The van der Waals surface area contributed by atoms with Gasteiger partial charge in [-0.05, 0) is 42.4 Å². The van der Waals surface area contributed by atoms with Crippen LogP contribution in [-0.4, -0.2) is 73.1 Å². The van der Waals surface area contributed by atoms with Gasteiger partial charge in [-0.3, -0.25) is 29.0 Å². The van der Waals surface area contributed by atoms with Crippen molar-refractivity contribution < 1.29 is 39.1 Å². The van der Waals surface area contributed by atoms with Crippen LogP contribution in [0.1, 0.15) is 24.3 Å². The van der Waals surface area contributed by atoms with E-state index in [1.54, 1.807) is 18.2 Å². The number of alkyl halides is 3. The van der Waals surface area contributed by atoms with Crippen molar-refractivity contribution in [2.24, 2.45) is 17.8 Å². The summed E-state index contributed by atoms with van der Waals surface area (Å²) in [5.74, 6) is -6.37. The molecule has 4 aliphatic rings. The van der Waals surface area contributed by atoms with Gasteiger partial charge in [-0.25, -0.2) is 0 Å². The van der Waals surface area contributed by atoms with Crippen molar-refractivity contribution in [3.8, 4) is 11.5 Å². The molecule has 218 valence electrons. The first kappa shape index (κ1) is 29.2. The third kappa shape index (κ3) is 3.71. The van der Waals surface area contributed by atoms with Crippen LogP contribution >= 0.6 is 39.1 Å². The van der Waals surface area contributed by atoms with E-state index in [1.165, 1.54) is 37.4 Å². The number of benzene rings is 2. The van der Waals surface area contributed by atoms with Crippen molar-refractivity contribution >= 4 is 81.0 Å². The Morgan fingerprint density at radius 3 is 2.43 bits per heavy atom. The average Bonchev–Trinajstić information content (AvgIpc) is 3.31. The van der Waals surface area contributed by atoms with Gasteiger partial charge in [0.2, 0.25) is 11.8 Å². The molecular formula is C28H24BBrCl2N2O8. The molecule has 2 aromatic carbocycles. The van der Waals surface area contributed by atoms with E-state index < -0.39 is 64.2 Å². The van der Waals surface area contributed by atoms with E-state index >= 15 is 0 Å². The minimum atomic E-state index is -2.06. The minimum Gasteiger partial charge on any atom is -0.504 e. The Balaban J connectivity index is 1.52. The van der Waals surface area contributed by atoms with E-state index in [2.05, 4.69) is 15.9 Å². The topological polar surface area (TPSA) is 145 Å². The van der Waals surface area contributed by atoms with Crippen LogP contribution in [0.5, 0.6) is 11.5 Å². The quantitative estimate of drug-likeness (QED) is 0.143. The standard InChI is InChI=1S/C28H24BBrCl2N2O8/c1-42-19-7-3-6-17(22(19)35)21-15-8-9-16-20(18(15)11-27(31)25(38)33(12-30)26(39)28(21,27)32)24(37)34(23(16)36)14-5-2-4-13(10-14)29(40)41/h2-8,10,16,18,20-21,35,40-41H,9,11-12H2,1H3/t16-,18+,20-,21+,27+,28-/m0/s1. The molecule has 10 nitrogen and oxygen atoms in total. The van der Waals surface area contributed by atoms with Crippen LogP contribution in [0.2, 0.25) is 0 Å². The van der Waals surface area contributed by atoms with E-state index in [1.807, 2.05) is 0 Å². The van der Waals surface area contributed by atoms with Gasteiger partial charge in [0.1, 0.15) is 0 Å². The van der Waals surface area contributed by atoms with Crippen molar-refractivity contribution in [3.05, 3.63) is 59.7 Å². The van der Waals surface area contributed by atoms with Crippen LogP contribution in [0.4, 0.5) is 5.69 Å². The molecule has 14 heteroatoms. The summed E-state index contributed by atoms with van der Waals surface area (Å²) in [6, 6.07) is 10.5. The number of ether oxygens (including phenoxy) is 1. The van der Waals surface area contributed by atoms with Crippen molar-refractivity contribution in [1.82, 2.24) is 4.90 Å². The second-order valence-corrected chi connectivity index (χ2v) is 12.6. The molecule has 0 spiro atoms. The number of anilines is 1. The fraction of sp³-hybridized carbons (Fsp3) is 0.357. The minimum absolute atomic E-state index is 0.101. The van der Waals surface area contributed by atoms with Crippen LogP contribution in [0.25, 0.3) is 0 Å². The highest BCUT2D eigenvalue weighted by Crippen LogP contribution is 2.66. The van der Waals surface area contributed by atoms with Gasteiger partial charge < -0.3 is 19.9 Å². The lowest BCUT2D eigenvalue weighted by molar-refractivity contribution is -0.138. The Labute approximate surface area is 259 Å². The number of methoxy groups -OCH3 is 1. The molecule has 2 heterocycles. The van der Waals surface area contributed by atoms with E-state index in [9.17, 15) is 34.3 Å². The van der Waals surface area contributed by atoms with Gasteiger partial charge in [0, 0.05) is 11.5 Å². The van der Waals surface area contributed by atoms with Crippen LogP contribution in [0.15, 0.2) is 54.1 Å². The molecule has 6 rings (SSSR count). The summed E-state index contributed by atoms with van der Waals surface area (Å²) >= 11 is 17.6. The first-order valence-electron chi connectivity index (χ1n) is 13.1. The molecule has 3 N–H and O–H groups in total. The molecule has 0 unspecified atom stereocenters. The number of imide groups is 2. The summed E-state index contributed by atoms with van der Waals surface area (Å²) in [6.45, 7) is 0. The molecule has 42 heavy (non-hydrogen) atoms. The number of carbonyl (C=O) groups excluding carboxylic acids is 4. The number of fused-ring (bicyclic) bond motifs is 4. The lowest BCUT2D eigenvalue weighted by Crippen LogP contribution is -2.60. The summed E-state index contributed by atoms with van der Waals surface area (Å²) < 4.78 is 5.31. The van der Waals surface area contributed by atoms with Gasteiger partial charge in [-0.1, -0.05) is 51.8 Å². The van der Waals surface area contributed by atoms with Crippen molar-refractivity contribution in [3.63, 3.8) is 0 Å². The van der Waals surface area contributed by atoms with Crippen molar-refractivity contribution in [2.45, 2.75) is 28.5 Å². The van der Waals surface area contributed by atoms with Crippen LogP contribution in [0, 0.1) is 17.8 Å². The highest BCUT2D eigenvalue weighted by molar-refractivity contribution is 9.09. The number of hydrogen-bond donors (Lipinski definition) is 3. The van der Waals surface area contributed by atoms with Crippen LogP contribution < -0.4 is 15.1 Å². The Bertz CT molecular complexity index is 1590. The van der Waals surface area contributed by atoms with Gasteiger partial charge in [0.05, 0.1) is 30.1 Å². The molecule has 4 amide bonds. The number of allylic oxidation sites excluding steroid dienone is 2. The molecule has 2 saturated heterocycles. The Morgan fingerprint density at radius 1 is 1.05 bits per heavy atom. The predicted octanol–water partition coefficient (Wildman–Crippen LogP) is 2.00. The molecule has 3 fully saturated rings. The van der Waals surface area contributed by atoms with Gasteiger partial charge in [0.25, 0.3) is 11.8 Å². The number of hydrogen-bond acceptors (Lipinski definition) is 8. The number of likely N-dealkylation sites (tertiary alicyclic amines) is 1. The van der Waals surface area contributed by atoms with E-state index in [-0.39, 0.29) is 46.5 Å². The third-order valence-electron chi connectivity index (χ3n) is 9.00. The lowest BCUT2D eigenvalue weighted by atomic mass is 9.56. The van der Waals surface area contributed by atoms with E-state index in [0.29, 0.717) is 5.57 Å². The molecule has 2 aliphatic carbocycles. The summed E-state index contributed by atoms with van der Waals surface area (Å²) in [4.78, 5) is 53.2. The summed E-state index contributed by atoms with van der Waals surface area (Å²) in [6.07, 6.45) is 1.68. The van der Waals surface area contributed by atoms with Crippen LogP contribution in [0.3, 0.4) is 0 Å². The number of phenols is 1. The number of nitrogens with zero attached hydrogens (tertiary/aromatic N) is 2. The van der Waals surface area contributed by atoms with Gasteiger partial charge in [0.15, 0.2) is 21.2 Å². The fourth-order valence-corrected chi connectivity index (χ4v) is 8.53. The molecule has 0 aromatic heterocycles. The maximum absolute atomic E-state index is 14.1. The zero-order valence-corrected chi connectivity index (χ0v) is 25.1. The highest BCUT2D eigenvalue weighted by Gasteiger charge is 2.76. The fourth-order valence-electron chi connectivity index (χ4n) is 7.11. The number of phenolic OH excluding ortho intramolecular Hbond substituents is 1. The zero-order valence-electron chi connectivity index (χ0n) is 22.0. The maximum Gasteiger partial charge on any atom is 0.488 e. The number of aromatic hydroxyl groups is 1. The van der Waals surface area contributed by atoms with Crippen molar-refractivity contribution in [1.29, 1.82) is 0 Å². The molecule has 1 saturated carbocycles. The predicted molar refractivity (Wildman–Crippen MR) is 157 cm³/mol. The normalized spacial score (nSPS) is 32.0. The molecule has 0 radical (unpaired) electrons. The number of halogens is 3. The molecule has 6 atom stereocenters. The first-order valence-corrected chi connectivity index (χ1v) is 15.0. The smallest absolute Gasteiger partial charge is 0.488 e. The molecular weight excluding hydrogens is 654 g/mol. The Kier molecular flexibility index (Phi) is 7.01. The molecule has 0 bridgehead atoms. The van der Waals surface area contributed by atoms with Gasteiger partial charge in [-0.2, -0.15) is 0 Å². The third-order valence-corrected chi connectivity index (χ3v) is 10.9. The number of amides is 4. The number of rotatable bonds is 5. The summed E-state index contributed by atoms with van der Waals surface area (Å²) in [5.41, 5.74) is 0.822. The second-order valence-electron chi connectivity index (χ2n) is 10.9. The summed E-state index contributed by atoms with van der Waals surface area (Å²) in [5, 5.41) is 30.5. The largest absolute Gasteiger partial charge is 0.504 e. The SMILES string of the molecule is COc1cccc([C@H]2C3=CC[C@@H]4C(=O)N(c5cccc(B(O)O)c5)C(=O)[C@@H]4[C@@H]3C[C@@]3(Cl)C(=O)N(CBr)C(=O)[C@@]23Cl)c1O. The second kappa shape index (κ2) is 10.1. The Hall–Kier alpha value is -2.90. The van der Waals surface area contributed by atoms with Gasteiger partial charge in [-0.15, -0.1) is 23.2 Å². The van der Waals surface area contributed by atoms with Gasteiger partial charge >= 0.3 is 7.12 Å². The summed E-state index contributed by atoms with van der Waals surface area (Å²) in [7, 11) is -0.437. The lowest BCUT2D eigenvalue weighted by Gasteiger charge is -2.50. The highest BCUT2D eigenvalue weighted by atomic mass is 79.9. The Morgan fingerprint density at radius 2 is 1.76 bits per heavy atom. The van der Waals surface area contributed by atoms with Crippen molar-refractivity contribution in [2.75, 3.05) is 17.5 Å². The first-order chi connectivity index (χ1) is 19.9. The molecule has 2 aliphatic heterocycles. The number of carbonyl (C=O) groups is 4. The zero-order chi connectivity index (χ0) is 30.3. The van der Waals surface area contributed by atoms with E-state index in [4.69, 9.17) is 27.9 Å². The molecule has 2 aromatic rings. The monoisotopic (exact) mass is 676 g/mol. The van der Waals surface area contributed by atoms with E-state index in [0.717, 1.165) is 9.80 Å². The average molecular weight is 678 g/mol. The van der Waals surface area contributed by atoms with Crippen LogP contribution in [-0.2, 0) is 19.2 Å². The maximum atomic E-state index is 14.1.